The number of para-hydroxylation sites is 1. The lowest BCUT2D eigenvalue weighted by molar-refractivity contribution is 0.0942. The van der Waals surface area contributed by atoms with Crippen LogP contribution in [-0.2, 0) is 12.6 Å². The summed E-state index contributed by atoms with van der Waals surface area (Å²) in [6.45, 7) is 0. The largest absolute Gasteiger partial charge is 0.507 e. The summed E-state index contributed by atoms with van der Waals surface area (Å²) in [7, 11) is 0. The number of nitrogens with one attached hydrogen (secondary N) is 2. The second-order valence-electron chi connectivity index (χ2n) is 2.38. The van der Waals surface area contributed by atoms with E-state index in [1.807, 2.05) is 0 Å². The van der Waals surface area contributed by atoms with Crippen LogP contribution < -0.4 is 10.9 Å². The zero-order chi connectivity index (χ0) is 10.6. The molecule has 0 aliphatic heterocycles. The molecule has 14 heavy (non-hydrogen) atoms. The Morgan fingerprint density at radius 1 is 1.36 bits per heavy atom. The molecule has 0 atom stereocenters. The Hall–Kier alpha value is -1.40. The maximum absolute atomic E-state index is 11.3. The molecule has 1 rings (SSSR count). The number of carbonyl (C=O) groups excluding carboxylic acids is 1. The molecule has 0 spiro atoms. The Morgan fingerprint density at radius 3 is 2.57 bits per heavy atom. The minimum Gasteiger partial charge on any atom is -0.507 e. The minimum absolute atomic E-state index is 0.0359. The van der Waals surface area contributed by atoms with Crippen molar-refractivity contribution >= 4 is 35.1 Å². The van der Waals surface area contributed by atoms with Crippen LogP contribution in [0.25, 0.3) is 0 Å². The van der Waals surface area contributed by atoms with Crippen LogP contribution in [0.3, 0.4) is 0 Å². The van der Waals surface area contributed by atoms with Crippen LogP contribution in [0.2, 0.25) is 0 Å². The SMILES string of the molecule is O=C(NNC(=S)[S-])c1ccccc1O. The van der Waals surface area contributed by atoms with E-state index in [2.05, 4.69) is 35.7 Å². The first-order valence-corrected chi connectivity index (χ1v) is 4.48. The van der Waals surface area contributed by atoms with Gasteiger partial charge in [-0.15, -0.1) is 0 Å². The molecule has 0 bridgehead atoms. The molecule has 0 aromatic heterocycles. The van der Waals surface area contributed by atoms with Crippen LogP contribution >= 0.6 is 12.2 Å². The van der Waals surface area contributed by atoms with Crippen molar-refractivity contribution in [3.05, 3.63) is 29.8 Å². The van der Waals surface area contributed by atoms with Crippen LogP contribution in [0.1, 0.15) is 10.4 Å². The Morgan fingerprint density at radius 2 is 2.00 bits per heavy atom. The van der Waals surface area contributed by atoms with Crippen LogP contribution in [-0.4, -0.2) is 15.3 Å². The first-order valence-electron chi connectivity index (χ1n) is 3.66. The highest BCUT2D eigenvalue weighted by molar-refractivity contribution is 8.00. The Bertz CT molecular complexity index is 368. The number of phenols is 1. The van der Waals surface area contributed by atoms with E-state index in [1.54, 1.807) is 12.1 Å². The van der Waals surface area contributed by atoms with Crippen molar-refractivity contribution in [1.29, 1.82) is 0 Å². The zero-order valence-electron chi connectivity index (χ0n) is 6.98. The number of carbonyl (C=O) groups is 1. The molecular formula is C8H7N2O2S2-. The lowest BCUT2D eigenvalue weighted by atomic mass is 10.2. The van der Waals surface area contributed by atoms with Gasteiger partial charge < -0.3 is 35.4 Å². The summed E-state index contributed by atoms with van der Waals surface area (Å²) in [5.41, 5.74) is 4.71. The van der Waals surface area contributed by atoms with Gasteiger partial charge in [0, 0.05) is 0 Å². The van der Waals surface area contributed by atoms with E-state index in [0.29, 0.717) is 0 Å². The molecule has 0 radical (unpaired) electrons. The highest BCUT2D eigenvalue weighted by atomic mass is 32.1. The second-order valence-corrected chi connectivity index (χ2v) is 3.46. The summed E-state index contributed by atoms with van der Waals surface area (Å²) in [5, 5.41) is 9.30. The van der Waals surface area contributed by atoms with Crippen molar-refractivity contribution in [2.45, 2.75) is 0 Å². The molecule has 1 aromatic carbocycles. The van der Waals surface area contributed by atoms with E-state index in [9.17, 15) is 9.90 Å². The van der Waals surface area contributed by atoms with Gasteiger partial charge in [-0.25, -0.2) is 0 Å². The average Bonchev–Trinajstić information content (AvgIpc) is 2.15. The maximum Gasteiger partial charge on any atom is 0.273 e. The molecule has 0 aliphatic carbocycles. The quantitative estimate of drug-likeness (QED) is 0.369. The van der Waals surface area contributed by atoms with Gasteiger partial charge in [-0.2, -0.15) is 0 Å². The normalized spacial score (nSPS) is 9.14. The van der Waals surface area contributed by atoms with Gasteiger partial charge in [-0.1, -0.05) is 12.1 Å². The summed E-state index contributed by atoms with van der Waals surface area (Å²) in [6, 6.07) is 6.16. The Labute approximate surface area is 91.7 Å². The lowest BCUT2D eigenvalue weighted by Gasteiger charge is -2.11. The molecule has 0 fully saturated rings. The monoisotopic (exact) mass is 227 g/mol. The summed E-state index contributed by atoms with van der Waals surface area (Å²) >= 11 is 9.05. The predicted octanol–water partition coefficient (Wildman–Crippen LogP) is 0.458. The number of thiocarbonyl (C=S) groups is 1. The Kier molecular flexibility index (Phi) is 3.61. The van der Waals surface area contributed by atoms with Crippen molar-refractivity contribution in [3.63, 3.8) is 0 Å². The number of hydrazine groups is 1. The van der Waals surface area contributed by atoms with Gasteiger partial charge in [0.1, 0.15) is 5.75 Å². The van der Waals surface area contributed by atoms with Crippen LogP contribution in [0.5, 0.6) is 5.75 Å². The number of benzene rings is 1. The molecule has 3 N–H and O–H groups in total. The second kappa shape index (κ2) is 4.73. The van der Waals surface area contributed by atoms with Gasteiger partial charge in [0.05, 0.1) is 5.56 Å². The zero-order valence-corrected chi connectivity index (χ0v) is 8.61. The molecule has 0 aliphatic rings. The number of hydrogen-bond acceptors (Lipinski definition) is 4. The van der Waals surface area contributed by atoms with Crippen LogP contribution in [0, 0.1) is 0 Å². The summed E-state index contributed by atoms with van der Waals surface area (Å²) in [6.07, 6.45) is 0. The van der Waals surface area contributed by atoms with Crippen molar-refractivity contribution in [1.82, 2.24) is 10.9 Å². The number of rotatable bonds is 1. The fourth-order valence-corrected chi connectivity index (χ4v) is 0.943. The van der Waals surface area contributed by atoms with Gasteiger partial charge in [0.2, 0.25) is 0 Å². The smallest absolute Gasteiger partial charge is 0.273 e. The predicted molar refractivity (Wildman–Crippen MR) is 58.7 cm³/mol. The molecule has 1 amide bonds. The standard InChI is InChI=1S/C8H8N2O2S2/c11-6-4-2-1-3-5(6)7(12)9-10-8(13)14/h1-4,11H,(H,9,12)(H2,10,13,14)/p-1. The molecule has 74 valence electrons. The van der Waals surface area contributed by atoms with E-state index in [0.717, 1.165) is 0 Å². The number of aromatic hydroxyl groups is 1. The first-order chi connectivity index (χ1) is 6.61. The summed E-state index contributed by atoms with van der Waals surface area (Å²) < 4.78 is 0.0359. The summed E-state index contributed by atoms with van der Waals surface area (Å²) in [5.74, 6) is -0.586. The molecule has 1 aromatic rings. The van der Waals surface area contributed by atoms with Crippen molar-refractivity contribution in [2.24, 2.45) is 0 Å². The fourth-order valence-electron chi connectivity index (χ4n) is 0.841. The number of hydrogen-bond donors (Lipinski definition) is 3. The highest BCUT2D eigenvalue weighted by Gasteiger charge is 2.08. The van der Waals surface area contributed by atoms with E-state index >= 15 is 0 Å². The lowest BCUT2D eigenvalue weighted by Crippen LogP contribution is -2.39. The van der Waals surface area contributed by atoms with Gasteiger partial charge in [-0.05, 0) is 16.5 Å². The third kappa shape index (κ3) is 2.82. The average molecular weight is 227 g/mol. The van der Waals surface area contributed by atoms with E-state index in [1.165, 1.54) is 12.1 Å². The van der Waals surface area contributed by atoms with Crippen molar-refractivity contribution in [2.75, 3.05) is 0 Å². The van der Waals surface area contributed by atoms with Crippen molar-refractivity contribution < 1.29 is 9.90 Å². The molecular weight excluding hydrogens is 220 g/mol. The van der Waals surface area contributed by atoms with Gasteiger partial charge in [0.25, 0.3) is 5.91 Å². The van der Waals surface area contributed by atoms with Gasteiger partial charge >= 0.3 is 0 Å². The Balaban J connectivity index is 2.70. The topological polar surface area (TPSA) is 61.4 Å². The third-order valence-corrected chi connectivity index (χ3v) is 1.63. The van der Waals surface area contributed by atoms with Gasteiger partial charge in [-0.3, -0.25) is 10.2 Å². The minimum atomic E-state index is -0.490. The highest BCUT2D eigenvalue weighted by Crippen LogP contribution is 2.14. The van der Waals surface area contributed by atoms with E-state index in [4.69, 9.17) is 0 Å². The van der Waals surface area contributed by atoms with Crippen LogP contribution in [0.15, 0.2) is 24.3 Å². The van der Waals surface area contributed by atoms with E-state index in [-0.39, 0.29) is 15.6 Å². The van der Waals surface area contributed by atoms with Crippen molar-refractivity contribution in [3.8, 4) is 5.75 Å². The van der Waals surface area contributed by atoms with Crippen LogP contribution in [0.4, 0.5) is 0 Å². The number of amides is 1. The maximum atomic E-state index is 11.3. The fraction of sp³-hybridized carbons (Fsp3) is 0. The molecule has 4 nitrogen and oxygen atoms in total. The first kappa shape index (κ1) is 10.7. The third-order valence-electron chi connectivity index (χ3n) is 1.43. The van der Waals surface area contributed by atoms with Gasteiger partial charge in [0.15, 0.2) is 0 Å². The van der Waals surface area contributed by atoms with E-state index < -0.39 is 5.91 Å². The molecule has 0 heterocycles. The molecule has 0 saturated carbocycles. The molecule has 0 saturated heterocycles. The molecule has 6 heteroatoms. The number of phenolic OH excluding ortho intramolecular Hbond substituents is 1. The summed E-state index contributed by atoms with van der Waals surface area (Å²) in [4.78, 5) is 11.3. The molecule has 0 unspecified atom stereocenters.